The largest absolute Gasteiger partial charge is 0.324 e. The van der Waals surface area contributed by atoms with Gasteiger partial charge in [0.05, 0.1) is 12.2 Å². The fourth-order valence-corrected chi connectivity index (χ4v) is 2.71. The number of carbonyl (C=O) groups excluding carboxylic acids is 1. The smallest absolute Gasteiger partial charge is 0.252 e. The molecule has 1 aromatic carbocycles. The van der Waals surface area contributed by atoms with Crippen molar-refractivity contribution in [1.82, 2.24) is 19.6 Å². The number of amides is 1. The number of hydrogen-bond acceptors (Lipinski definition) is 5. The third-order valence-corrected chi connectivity index (χ3v) is 4.03. The second kappa shape index (κ2) is 6.94. The highest BCUT2D eigenvalue weighted by atomic mass is 19.1. The van der Waals surface area contributed by atoms with Crippen LogP contribution in [0, 0.1) is 19.7 Å². The summed E-state index contributed by atoms with van der Waals surface area (Å²) in [4.78, 5) is 20.8. The van der Waals surface area contributed by atoms with Crippen molar-refractivity contribution in [3.05, 3.63) is 52.9 Å². The Morgan fingerprint density at radius 2 is 2.04 bits per heavy atom. The van der Waals surface area contributed by atoms with Gasteiger partial charge in [0, 0.05) is 17.8 Å². The summed E-state index contributed by atoms with van der Waals surface area (Å²) in [6, 6.07) is 6.08. The summed E-state index contributed by atoms with van der Waals surface area (Å²) in [6.45, 7) is 4.01. The number of aromatic nitrogens is 4. The summed E-state index contributed by atoms with van der Waals surface area (Å²) in [5.74, 6) is 0.299. The number of rotatable bonds is 5. The number of aryl methyl sites for hydroxylation is 2. The zero-order chi connectivity index (χ0) is 18.0. The minimum atomic E-state index is -0.455. The summed E-state index contributed by atoms with van der Waals surface area (Å²) >= 11 is 0. The maximum Gasteiger partial charge on any atom is 0.252 e. The molecule has 2 heterocycles. The molecule has 130 valence electrons. The third kappa shape index (κ3) is 3.48. The van der Waals surface area contributed by atoms with E-state index in [4.69, 9.17) is 5.73 Å². The number of anilines is 1. The first-order valence-corrected chi connectivity index (χ1v) is 7.95. The Kier molecular flexibility index (Phi) is 4.71. The van der Waals surface area contributed by atoms with Crippen molar-refractivity contribution < 1.29 is 9.18 Å². The third-order valence-electron chi connectivity index (χ3n) is 4.03. The van der Waals surface area contributed by atoms with E-state index in [9.17, 15) is 9.18 Å². The van der Waals surface area contributed by atoms with Crippen molar-refractivity contribution in [3.63, 3.8) is 0 Å². The Morgan fingerprint density at radius 1 is 1.28 bits per heavy atom. The molecule has 3 rings (SSSR count). The number of hydrogen-bond donors (Lipinski definition) is 2. The first-order valence-electron chi connectivity index (χ1n) is 7.95. The van der Waals surface area contributed by atoms with Gasteiger partial charge in [-0.15, -0.1) is 5.10 Å². The molecule has 8 heteroatoms. The van der Waals surface area contributed by atoms with Crippen LogP contribution in [0.4, 0.5) is 10.1 Å². The minimum absolute atomic E-state index is 0.179. The Balaban J connectivity index is 1.76. The molecule has 0 aliphatic heterocycles. The standard InChI is InChI=1S/C17H19FN6O/c1-10-12(11(2)24-17(20-10)22-15(9-19)23-24)7-8-16(25)21-14-6-4-3-5-13(14)18/h3-6H,7-9,19H2,1-2H3,(H,21,25). The van der Waals surface area contributed by atoms with Gasteiger partial charge in [0.25, 0.3) is 5.78 Å². The Morgan fingerprint density at radius 3 is 2.76 bits per heavy atom. The lowest BCUT2D eigenvalue weighted by molar-refractivity contribution is -0.116. The van der Waals surface area contributed by atoms with Gasteiger partial charge < -0.3 is 11.1 Å². The van der Waals surface area contributed by atoms with Crippen LogP contribution in [0.2, 0.25) is 0 Å². The lowest BCUT2D eigenvalue weighted by Gasteiger charge is -2.10. The molecule has 0 fully saturated rings. The number of carbonyl (C=O) groups is 1. The average molecular weight is 342 g/mol. The van der Waals surface area contributed by atoms with Crippen molar-refractivity contribution in [2.45, 2.75) is 33.2 Å². The molecule has 3 N–H and O–H groups in total. The lowest BCUT2D eigenvalue weighted by Crippen LogP contribution is -2.15. The van der Waals surface area contributed by atoms with Crippen molar-refractivity contribution in [3.8, 4) is 0 Å². The zero-order valence-corrected chi connectivity index (χ0v) is 14.1. The van der Waals surface area contributed by atoms with Crippen molar-refractivity contribution in [2.75, 3.05) is 5.32 Å². The van der Waals surface area contributed by atoms with Crippen LogP contribution in [0.5, 0.6) is 0 Å². The molecule has 1 amide bonds. The number of nitrogens with zero attached hydrogens (tertiary/aromatic N) is 4. The molecule has 0 saturated carbocycles. The van der Waals surface area contributed by atoms with Crippen LogP contribution in [0.3, 0.4) is 0 Å². The van der Waals surface area contributed by atoms with Crippen LogP contribution in [0.25, 0.3) is 5.78 Å². The van der Waals surface area contributed by atoms with Gasteiger partial charge in [-0.3, -0.25) is 4.79 Å². The van der Waals surface area contributed by atoms with Crippen molar-refractivity contribution >= 4 is 17.4 Å². The van der Waals surface area contributed by atoms with E-state index in [1.165, 1.54) is 12.1 Å². The highest BCUT2D eigenvalue weighted by molar-refractivity contribution is 5.90. The van der Waals surface area contributed by atoms with Crippen LogP contribution in [-0.2, 0) is 17.8 Å². The molecule has 2 aromatic heterocycles. The fraction of sp³-hybridized carbons (Fsp3) is 0.294. The first kappa shape index (κ1) is 17.0. The SMILES string of the molecule is Cc1nc2nc(CN)nn2c(C)c1CCC(=O)Nc1ccccc1F. The Bertz CT molecular complexity index is 936. The molecule has 0 spiro atoms. The van der Waals surface area contributed by atoms with E-state index >= 15 is 0 Å². The monoisotopic (exact) mass is 342 g/mol. The van der Waals surface area contributed by atoms with E-state index in [0.717, 1.165) is 17.0 Å². The summed E-state index contributed by atoms with van der Waals surface area (Å²) < 4.78 is 15.2. The number of benzene rings is 1. The van der Waals surface area contributed by atoms with Crippen molar-refractivity contribution in [2.24, 2.45) is 5.73 Å². The fourth-order valence-electron chi connectivity index (χ4n) is 2.71. The van der Waals surface area contributed by atoms with Crippen LogP contribution in [-0.4, -0.2) is 25.5 Å². The quantitative estimate of drug-likeness (QED) is 0.738. The van der Waals surface area contributed by atoms with Gasteiger partial charge in [0.1, 0.15) is 5.82 Å². The van der Waals surface area contributed by atoms with Crippen LogP contribution in [0.1, 0.15) is 29.2 Å². The predicted molar refractivity (Wildman–Crippen MR) is 91.5 cm³/mol. The molecular weight excluding hydrogens is 323 g/mol. The summed E-state index contributed by atoms with van der Waals surface area (Å²) in [5.41, 5.74) is 8.33. The molecule has 25 heavy (non-hydrogen) atoms. The van der Waals surface area contributed by atoms with E-state index < -0.39 is 5.82 Å². The number of para-hydroxylation sites is 1. The average Bonchev–Trinajstić information content (AvgIpc) is 3.00. The summed E-state index contributed by atoms with van der Waals surface area (Å²) in [7, 11) is 0. The number of fused-ring (bicyclic) bond motifs is 1. The minimum Gasteiger partial charge on any atom is -0.324 e. The number of nitrogens with two attached hydrogens (primary N) is 1. The van der Waals surface area contributed by atoms with Crippen molar-refractivity contribution in [1.29, 1.82) is 0 Å². The summed E-state index contributed by atoms with van der Waals surface area (Å²) in [6.07, 6.45) is 0.681. The van der Waals surface area contributed by atoms with Gasteiger partial charge in [-0.1, -0.05) is 12.1 Å². The highest BCUT2D eigenvalue weighted by Crippen LogP contribution is 2.17. The molecule has 0 unspecified atom stereocenters. The van der Waals surface area contributed by atoms with E-state index in [1.54, 1.807) is 16.6 Å². The molecule has 0 radical (unpaired) electrons. The number of halogens is 1. The predicted octanol–water partition coefficient (Wildman–Crippen LogP) is 1.91. The van der Waals surface area contributed by atoms with E-state index in [0.29, 0.717) is 18.0 Å². The van der Waals surface area contributed by atoms with E-state index in [2.05, 4.69) is 20.4 Å². The Labute approximate surface area is 144 Å². The van der Waals surface area contributed by atoms with Gasteiger partial charge in [-0.05, 0) is 38.0 Å². The summed E-state index contributed by atoms with van der Waals surface area (Å²) in [5, 5.41) is 6.89. The van der Waals surface area contributed by atoms with Crippen LogP contribution >= 0.6 is 0 Å². The molecular formula is C17H19FN6O. The van der Waals surface area contributed by atoms with Crippen LogP contribution < -0.4 is 11.1 Å². The van der Waals surface area contributed by atoms with Gasteiger partial charge in [-0.25, -0.2) is 13.9 Å². The van der Waals surface area contributed by atoms with E-state index in [1.807, 2.05) is 13.8 Å². The van der Waals surface area contributed by atoms with Gasteiger partial charge >= 0.3 is 0 Å². The van der Waals surface area contributed by atoms with E-state index in [-0.39, 0.29) is 24.6 Å². The van der Waals surface area contributed by atoms with Gasteiger partial charge in [0.15, 0.2) is 5.82 Å². The normalized spacial score (nSPS) is 11.0. The first-order chi connectivity index (χ1) is 12.0. The molecule has 0 atom stereocenters. The van der Waals surface area contributed by atoms with Gasteiger partial charge in [-0.2, -0.15) is 4.98 Å². The molecule has 3 aromatic rings. The molecule has 0 saturated heterocycles. The molecule has 0 bridgehead atoms. The molecule has 7 nitrogen and oxygen atoms in total. The Hall–Kier alpha value is -2.87. The maximum atomic E-state index is 13.6. The maximum absolute atomic E-state index is 13.6. The molecule has 0 aliphatic rings. The second-order valence-corrected chi connectivity index (χ2v) is 5.73. The highest BCUT2D eigenvalue weighted by Gasteiger charge is 2.14. The topological polar surface area (TPSA) is 98.2 Å². The van der Waals surface area contributed by atoms with Crippen LogP contribution in [0.15, 0.2) is 24.3 Å². The lowest BCUT2D eigenvalue weighted by atomic mass is 10.1. The molecule has 0 aliphatic carbocycles. The van der Waals surface area contributed by atoms with Gasteiger partial charge in [0.2, 0.25) is 5.91 Å². The second-order valence-electron chi connectivity index (χ2n) is 5.73. The zero-order valence-electron chi connectivity index (χ0n) is 14.1. The number of nitrogens with one attached hydrogen (secondary N) is 1.